The van der Waals surface area contributed by atoms with Crippen molar-refractivity contribution in [1.82, 2.24) is 14.6 Å². The normalized spacial score (nSPS) is 18.9. The summed E-state index contributed by atoms with van der Waals surface area (Å²) in [5.41, 5.74) is 13.3. The number of carbonyl (C=O) groups is 1. The molecule has 1 aliphatic rings. The molecule has 0 fully saturated rings. The molecule has 0 saturated carbocycles. The predicted molar refractivity (Wildman–Crippen MR) is 121 cm³/mol. The summed E-state index contributed by atoms with van der Waals surface area (Å²) in [7, 11) is 0. The fourth-order valence-corrected chi connectivity index (χ4v) is 4.95. The van der Waals surface area contributed by atoms with Gasteiger partial charge in [-0.2, -0.15) is 0 Å². The number of fused-ring (bicyclic) bond motifs is 2. The molecule has 0 aliphatic heterocycles. The third-order valence-corrected chi connectivity index (χ3v) is 5.99. The maximum absolute atomic E-state index is 11.3. The average Bonchev–Trinajstić information content (AvgIpc) is 3.15. The molecule has 3 aromatic rings. The minimum atomic E-state index is -0.796. The Balaban J connectivity index is 1.70. The van der Waals surface area contributed by atoms with Gasteiger partial charge in [-0.05, 0) is 56.4 Å². The van der Waals surface area contributed by atoms with Crippen LogP contribution in [0.15, 0.2) is 42.5 Å². The highest BCUT2D eigenvalue weighted by molar-refractivity contribution is 5.65. The van der Waals surface area contributed by atoms with Crippen molar-refractivity contribution in [1.29, 1.82) is 0 Å². The Labute approximate surface area is 187 Å². The number of amides is 1. The van der Waals surface area contributed by atoms with E-state index in [-0.39, 0.29) is 12.1 Å². The number of carbonyl (C=O) groups excluding carboxylic acids is 1. The molecule has 2 heterocycles. The van der Waals surface area contributed by atoms with E-state index >= 15 is 0 Å². The molecule has 2 unspecified atom stereocenters. The van der Waals surface area contributed by atoms with Crippen LogP contribution in [-0.2, 0) is 10.2 Å². The number of hydrogen-bond acceptors (Lipinski definition) is 6. The standard InChI is InChI=1S/C24H31N5O3/c1-23(2,14-24(3,4)32-22(26)30)21-28-27-19-10-7-11-20(29(19)21)31-18-13-12-17(25)15-8-5-6-9-16(15)18/h5-11,17-18H,12-14,25H2,1-4H3,(H2,26,30). The largest absolute Gasteiger partial charge is 0.470 e. The first-order valence-electron chi connectivity index (χ1n) is 10.9. The van der Waals surface area contributed by atoms with Crippen molar-refractivity contribution < 1.29 is 14.3 Å². The Morgan fingerprint density at radius 2 is 1.78 bits per heavy atom. The minimum Gasteiger partial charge on any atom is -0.470 e. The van der Waals surface area contributed by atoms with E-state index in [1.165, 1.54) is 0 Å². The summed E-state index contributed by atoms with van der Waals surface area (Å²) in [4.78, 5) is 11.3. The van der Waals surface area contributed by atoms with Crippen molar-refractivity contribution in [3.05, 3.63) is 59.4 Å². The number of hydrogen-bond donors (Lipinski definition) is 2. The molecule has 32 heavy (non-hydrogen) atoms. The molecule has 0 saturated heterocycles. The maximum atomic E-state index is 11.3. The van der Waals surface area contributed by atoms with Crippen molar-refractivity contribution in [3.63, 3.8) is 0 Å². The van der Waals surface area contributed by atoms with Gasteiger partial charge in [0.15, 0.2) is 5.65 Å². The fourth-order valence-electron chi connectivity index (χ4n) is 4.95. The number of pyridine rings is 1. The van der Waals surface area contributed by atoms with E-state index in [2.05, 4.69) is 22.3 Å². The molecule has 8 heteroatoms. The van der Waals surface area contributed by atoms with E-state index in [1.807, 2.05) is 62.4 Å². The Bertz CT molecular complexity index is 1140. The number of ether oxygens (including phenoxy) is 2. The highest BCUT2D eigenvalue weighted by atomic mass is 16.6. The number of benzene rings is 1. The van der Waals surface area contributed by atoms with Crippen LogP contribution < -0.4 is 16.2 Å². The Morgan fingerprint density at radius 3 is 2.50 bits per heavy atom. The first kappa shape index (κ1) is 22.1. The lowest BCUT2D eigenvalue weighted by molar-refractivity contribution is 0.0234. The van der Waals surface area contributed by atoms with Gasteiger partial charge in [0.25, 0.3) is 0 Å². The van der Waals surface area contributed by atoms with Gasteiger partial charge in [-0.1, -0.05) is 44.2 Å². The molecule has 4 N–H and O–H groups in total. The van der Waals surface area contributed by atoms with Gasteiger partial charge in [-0.3, -0.25) is 0 Å². The van der Waals surface area contributed by atoms with Crippen LogP contribution in [0.3, 0.4) is 0 Å². The van der Waals surface area contributed by atoms with Crippen molar-refractivity contribution >= 4 is 11.7 Å². The van der Waals surface area contributed by atoms with Crippen LogP contribution in [0, 0.1) is 0 Å². The molecule has 0 spiro atoms. The summed E-state index contributed by atoms with van der Waals surface area (Å²) in [6.07, 6.45) is 1.28. The zero-order valence-electron chi connectivity index (χ0n) is 19.0. The maximum Gasteiger partial charge on any atom is 0.405 e. The molecule has 0 radical (unpaired) electrons. The number of primary amides is 1. The first-order valence-corrected chi connectivity index (χ1v) is 10.9. The van der Waals surface area contributed by atoms with Crippen LogP contribution in [0.1, 0.15) is 76.1 Å². The van der Waals surface area contributed by atoms with Crippen molar-refractivity contribution in [3.8, 4) is 5.88 Å². The second kappa shape index (κ2) is 8.09. The lowest BCUT2D eigenvalue weighted by Gasteiger charge is -2.33. The van der Waals surface area contributed by atoms with Gasteiger partial charge >= 0.3 is 6.09 Å². The van der Waals surface area contributed by atoms with Crippen LogP contribution in [0.2, 0.25) is 0 Å². The van der Waals surface area contributed by atoms with Crippen molar-refractivity contribution in [2.24, 2.45) is 11.5 Å². The number of nitrogens with zero attached hydrogens (tertiary/aromatic N) is 3. The van der Waals surface area contributed by atoms with Gasteiger partial charge in [0.2, 0.25) is 5.88 Å². The molecule has 8 nitrogen and oxygen atoms in total. The van der Waals surface area contributed by atoms with Gasteiger partial charge in [0.1, 0.15) is 17.5 Å². The van der Waals surface area contributed by atoms with Gasteiger partial charge in [0, 0.05) is 11.5 Å². The third kappa shape index (κ3) is 4.27. The summed E-state index contributed by atoms with van der Waals surface area (Å²) in [5, 5.41) is 8.85. The highest BCUT2D eigenvalue weighted by Gasteiger charge is 2.37. The fraction of sp³-hybridized carbons (Fsp3) is 0.458. The lowest BCUT2D eigenvalue weighted by Crippen LogP contribution is -2.38. The highest BCUT2D eigenvalue weighted by Crippen LogP contribution is 2.39. The Morgan fingerprint density at radius 1 is 1.06 bits per heavy atom. The molecule has 2 aromatic heterocycles. The monoisotopic (exact) mass is 437 g/mol. The second-order valence-corrected chi connectivity index (χ2v) is 9.74. The van der Waals surface area contributed by atoms with Crippen LogP contribution in [0.4, 0.5) is 4.79 Å². The molecule has 2 atom stereocenters. The summed E-state index contributed by atoms with van der Waals surface area (Å²) in [6.45, 7) is 7.76. The summed E-state index contributed by atoms with van der Waals surface area (Å²) in [5.74, 6) is 1.39. The Kier molecular flexibility index (Phi) is 5.58. The van der Waals surface area contributed by atoms with E-state index in [4.69, 9.17) is 20.9 Å². The van der Waals surface area contributed by atoms with Crippen LogP contribution in [-0.4, -0.2) is 26.3 Å². The third-order valence-electron chi connectivity index (χ3n) is 5.99. The zero-order chi connectivity index (χ0) is 23.1. The first-order chi connectivity index (χ1) is 15.1. The molecule has 4 rings (SSSR count). The van der Waals surface area contributed by atoms with Crippen LogP contribution in [0.25, 0.3) is 5.65 Å². The van der Waals surface area contributed by atoms with E-state index in [0.717, 1.165) is 29.8 Å². The van der Waals surface area contributed by atoms with Gasteiger partial charge in [-0.25, -0.2) is 9.20 Å². The quantitative estimate of drug-likeness (QED) is 0.597. The van der Waals surface area contributed by atoms with Crippen molar-refractivity contribution in [2.45, 2.75) is 70.1 Å². The molecule has 1 aromatic carbocycles. The van der Waals surface area contributed by atoms with Gasteiger partial charge in [0.05, 0.1) is 0 Å². The van der Waals surface area contributed by atoms with Crippen LogP contribution in [0.5, 0.6) is 5.88 Å². The summed E-state index contributed by atoms with van der Waals surface area (Å²) >= 11 is 0. The number of rotatable bonds is 6. The average molecular weight is 438 g/mol. The number of aromatic nitrogens is 3. The van der Waals surface area contributed by atoms with Crippen LogP contribution >= 0.6 is 0 Å². The molecule has 1 amide bonds. The Hall–Kier alpha value is -3.13. The molecular formula is C24H31N5O3. The van der Waals surface area contributed by atoms with Gasteiger partial charge < -0.3 is 20.9 Å². The molecule has 170 valence electrons. The topological polar surface area (TPSA) is 118 Å². The molecule has 0 bridgehead atoms. The SMILES string of the molecule is CC(C)(CC(C)(C)c1nnc2cccc(OC3CCC(N)c4ccccc43)n12)OC(N)=O. The smallest absolute Gasteiger partial charge is 0.405 e. The zero-order valence-corrected chi connectivity index (χ0v) is 19.0. The van der Waals surface area contributed by atoms with E-state index in [0.29, 0.717) is 17.9 Å². The number of nitrogens with two attached hydrogens (primary N) is 2. The van der Waals surface area contributed by atoms with E-state index < -0.39 is 17.1 Å². The molecular weight excluding hydrogens is 406 g/mol. The predicted octanol–water partition coefficient (Wildman–Crippen LogP) is 4.18. The van der Waals surface area contributed by atoms with Gasteiger partial charge in [-0.15, -0.1) is 10.2 Å². The summed E-state index contributed by atoms with van der Waals surface area (Å²) < 4.78 is 13.8. The van der Waals surface area contributed by atoms with Crippen molar-refractivity contribution in [2.75, 3.05) is 0 Å². The second-order valence-electron chi connectivity index (χ2n) is 9.74. The summed E-state index contributed by atoms with van der Waals surface area (Å²) in [6, 6.07) is 14.0. The minimum absolute atomic E-state index is 0.0266. The van der Waals surface area contributed by atoms with E-state index in [9.17, 15) is 4.79 Å². The molecule has 1 aliphatic carbocycles. The lowest BCUT2D eigenvalue weighted by atomic mass is 9.81. The van der Waals surface area contributed by atoms with E-state index in [1.54, 1.807) is 0 Å².